The van der Waals surface area contributed by atoms with Crippen molar-refractivity contribution in [1.82, 2.24) is 9.97 Å². The SMILES string of the molecule is COc1cc(Oc2ccccc2[N+](=O)[O-])nc(N)n1. The van der Waals surface area contributed by atoms with Crippen molar-refractivity contribution in [2.45, 2.75) is 0 Å². The van der Waals surface area contributed by atoms with Gasteiger partial charge in [-0.1, -0.05) is 12.1 Å². The molecule has 0 atom stereocenters. The highest BCUT2D eigenvalue weighted by Gasteiger charge is 2.15. The lowest BCUT2D eigenvalue weighted by Crippen LogP contribution is -2.00. The summed E-state index contributed by atoms with van der Waals surface area (Å²) in [7, 11) is 1.41. The molecule has 0 saturated heterocycles. The third kappa shape index (κ3) is 2.86. The van der Waals surface area contributed by atoms with E-state index in [9.17, 15) is 10.1 Å². The first kappa shape index (κ1) is 12.6. The molecule has 0 fully saturated rings. The molecule has 0 amide bonds. The molecule has 8 heteroatoms. The zero-order valence-corrected chi connectivity index (χ0v) is 9.94. The summed E-state index contributed by atoms with van der Waals surface area (Å²) in [4.78, 5) is 17.9. The fraction of sp³-hybridized carbons (Fsp3) is 0.0909. The van der Waals surface area contributed by atoms with Gasteiger partial charge in [0, 0.05) is 6.07 Å². The van der Waals surface area contributed by atoms with Crippen molar-refractivity contribution in [3.05, 3.63) is 40.4 Å². The zero-order valence-electron chi connectivity index (χ0n) is 9.94. The standard InChI is InChI=1S/C11H10N4O4/c1-18-9-6-10(14-11(12)13-9)19-8-5-3-2-4-7(8)15(16)17/h2-6H,1H3,(H2,12,13,14). The van der Waals surface area contributed by atoms with Gasteiger partial charge in [-0.15, -0.1) is 0 Å². The molecule has 2 rings (SSSR count). The van der Waals surface area contributed by atoms with Crippen molar-refractivity contribution < 1.29 is 14.4 Å². The smallest absolute Gasteiger partial charge is 0.311 e. The Bertz CT molecular complexity index is 617. The van der Waals surface area contributed by atoms with Crippen molar-refractivity contribution in [3.8, 4) is 17.5 Å². The minimum absolute atomic E-state index is 0.0482. The molecule has 0 aliphatic rings. The average Bonchev–Trinajstić information content (AvgIpc) is 2.38. The van der Waals surface area contributed by atoms with E-state index in [0.29, 0.717) is 0 Å². The Kier molecular flexibility index (Phi) is 3.42. The Balaban J connectivity index is 2.36. The van der Waals surface area contributed by atoms with Crippen LogP contribution in [0, 0.1) is 10.1 Å². The largest absolute Gasteiger partial charge is 0.481 e. The summed E-state index contributed by atoms with van der Waals surface area (Å²) in [6.07, 6.45) is 0. The second-order valence-electron chi connectivity index (χ2n) is 3.43. The maximum absolute atomic E-state index is 10.8. The summed E-state index contributed by atoms with van der Waals surface area (Å²) in [5.74, 6) is 0.292. The molecule has 2 aromatic rings. The number of nitrogens with two attached hydrogens (primary N) is 1. The summed E-state index contributed by atoms with van der Waals surface area (Å²) in [6, 6.07) is 7.33. The Morgan fingerprint density at radius 1 is 1.26 bits per heavy atom. The lowest BCUT2D eigenvalue weighted by molar-refractivity contribution is -0.385. The monoisotopic (exact) mass is 262 g/mol. The number of nitro benzene ring substituents is 1. The van der Waals surface area contributed by atoms with Crippen LogP contribution in [0.1, 0.15) is 0 Å². The number of ether oxygens (including phenoxy) is 2. The molecule has 0 spiro atoms. The number of hydrogen-bond donors (Lipinski definition) is 1. The van der Waals surface area contributed by atoms with Gasteiger partial charge in [-0.3, -0.25) is 10.1 Å². The van der Waals surface area contributed by atoms with E-state index in [-0.39, 0.29) is 29.1 Å². The molecule has 1 aromatic heterocycles. The van der Waals surface area contributed by atoms with Crippen LogP contribution in [0.2, 0.25) is 0 Å². The summed E-state index contributed by atoms with van der Waals surface area (Å²) < 4.78 is 10.2. The first-order valence-corrected chi connectivity index (χ1v) is 5.20. The highest BCUT2D eigenvalue weighted by molar-refractivity contribution is 5.47. The predicted molar refractivity (Wildman–Crippen MR) is 66.2 cm³/mol. The Morgan fingerprint density at radius 2 is 1.95 bits per heavy atom. The Morgan fingerprint density at radius 3 is 2.63 bits per heavy atom. The highest BCUT2D eigenvalue weighted by Crippen LogP contribution is 2.30. The molecule has 1 aromatic carbocycles. The number of hydrogen-bond acceptors (Lipinski definition) is 7. The first-order chi connectivity index (χ1) is 9.10. The van der Waals surface area contributed by atoms with E-state index >= 15 is 0 Å². The summed E-state index contributed by atoms with van der Waals surface area (Å²) >= 11 is 0. The van der Waals surface area contributed by atoms with E-state index in [0.717, 1.165) is 0 Å². The average molecular weight is 262 g/mol. The summed E-state index contributed by atoms with van der Waals surface area (Å²) in [5.41, 5.74) is 5.30. The molecule has 8 nitrogen and oxygen atoms in total. The van der Waals surface area contributed by atoms with Crippen LogP contribution in [0.15, 0.2) is 30.3 Å². The van der Waals surface area contributed by atoms with Crippen LogP contribution in [0.25, 0.3) is 0 Å². The molecule has 19 heavy (non-hydrogen) atoms. The van der Waals surface area contributed by atoms with Crippen LogP contribution < -0.4 is 15.2 Å². The van der Waals surface area contributed by atoms with Gasteiger partial charge in [-0.25, -0.2) is 0 Å². The van der Waals surface area contributed by atoms with Crippen molar-refractivity contribution in [1.29, 1.82) is 0 Å². The fourth-order valence-electron chi connectivity index (χ4n) is 1.38. The van der Waals surface area contributed by atoms with Crippen LogP contribution >= 0.6 is 0 Å². The van der Waals surface area contributed by atoms with E-state index in [4.69, 9.17) is 15.2 Å². The van der Waals surface area contributed by atoms with E-state index in [2.05, 4.69) is 9.97 Å². The minimum Gasteiger partial charge on any atom is -0.481 e. The van der Waals surface area contributed by atoms with Gasteiger partial charge in [0.1, 0.15) is 0 Å². The van der Waals surface area contributed by atoms with Gasteiger partial charge < -0.3 is 15.2 Å². The fourth-order valence-corrected chi connectivity index (χ4v) is 1.38. The maximum atomic E-state index is 10.8. The van der Waals surface area contributed by atoms with Crippen LogP contribution in [0.5, 0.6) is 17.5 Å². The van der Waals surface area contributed by atoms with Crippen LogP contribution in [-0.4, -0.2) is 22.0 Å². The van der Waals surface area contributed by atoms with Gasteiger partial charge in [0.05, 0.1) is 18.1 Å². The van der Waals surface area contributed by atoms with E-state index in [1.165, 1.54) is 25.3 Å². The predicted octanol–water partition coefficient (Wildman–Crippen LogP) is 1.77. The Hall–Kier alpha value is -2.90. The summed E-state index contributed by atoms with van der Waals surface area (Å²) in [6.45, 7) is 0. The topological polar surface area (TPSA) is 113 Å². The van der Waals surface area contributed by atoms with Gasteiger partial charge in [0.2, 0.25) is 23.5 Å². The second kappa shape index (κ2) is 5.17. The normalized spacial score (nSPS) is 9.95. The minimum atomic E-state index is -0.545. The van der Waals surface area contributed by atoms with Crippen molar-refractivity contribution in [2.24, 2.45) is 0 Å². The lowest BCUT2D eigenvalue weighted by atomic mass is 10.3. The van der Waals surface area contributed by atoms with E-state index < -0.39 is 4.92 Å². The molecular weight excluding hydrogens is 252 g/mol. The number of benzene rings is 1. The van der Waals surface area contributed by atoms with Crippen LogP contribution in [0.4, 0.5) is 11.6 Å². The van der Waals surface area contributed by atoms with Gasteiger partial charge in [0.25, 0.3) is 0 Å². The molecule has 2 N–H and O–H groups in total. The molecule has 0 aliphatic heterocycles. The second-order valence-corrected chi connectivity index (χ2v) is 3.43. The van der Waals surface area contributed by atoms with Crippen LogP contribution in [0.3, 0.4) is 0 Å². The molecule has 0 radical (unpaired) electrons. The molecule has 1 heterocycles. The maximum Gasteiger partial charge on any atom is 0.311 e. The molecule has 0 unspecified atom stereocenters. The van der Waals surface area contributed by atoms with Crippen LogP contribution in [-0.2, 0) is 0 Å². The number of nitrogens with zero attached hydrogens (tertiary/aromatic N) is 3. The Labute approximate surface area is 108 Å². The highest BCUT2D eigenvalue weighted by atomic mass is 16.6. The first-order valence-electron chi connectivity index (χ1n) is 5.20. The molecule has 0 bridgehead atoms. The van der Waals surface area contributed by atoms with Crippen molar-refractivity contribution in [3.63, 3.8) is 0 Å². The number of nitro groups is 1. The number of methoxy groups -OCH3 is 1. The summed E-state index contributed by atoms with van der Waals surface area (Å²) in [5, 5.41) is 10.8. The van der Waals surface area contributed by atoms with E-state index in [1.807, 2.05) is 0 Å². The van der Waals surface area contributed by atoms with Gasteiger partial charge in [-0.2, -0.15) is 9.97 Å². The van der Waals surface area contributed by atoms with Crippen molar-refractivity contribution in [2.75, 3.05) is 12.8 Å². The third-order valence-electron chi connectivity index (χ3n) is 2.18. The van der Waals surface area contributed by atoms with Gasteiger partial charge in [-0.05, 0) is 6.07 Å². The van der Waals surface area contributed by atoms with Gasteiger partial charge >= 0.3 is 5.69 Å². The number of rotatable bonds is 4. The number of aromatic nitrogens is 2. The number of para-hydroxylation sites is 2. The molecule has 98 valence electrons. The zero-order chi connectivity index (χ0) is 13.8. The number of nitrogen functional groups attached to an aromatic ring is 1. The third-order valence-corrected chi connectivity index (χ3v) is 2.18. The quantitative estimate of drug-likeness (QED) is 0.659. The molecule has 0 saturated carbocycles. The molecular formula is C11H10N4O4. The lowest BCUT2D eigenvalue weighted by Gasteiger charge is -2.06. The number of anilines is 1. The van der Waals surface area contributed by atoms with E-state index in [1.54, 1.807) is 12.1 Å². The van der Waals surface area contributed by atoms with Crippen molar-refractivity contribution >= 4 is 11.6 Å². The molecule has 0 aliphatic carbocycles. The van der Waals surface area contributed by atoms with Gasteiger partial charge in [0.15, 0.2) is 0 Å².